The van der Waals surface area contributed by atoms with E-state index < -0.39 is 0 Å². The summed E-state index contributed by atoms with van der Waals surface area (Å²) in [4.78, 5) is 11.2. The third-order valence-corrected chi connectivity index (χ3v) is 2.49. The number of ketones is 1. The molecule has 1 saturated heterocycles. The number of rotatable bonds is 3. The molecular formula is C11H9BrO2. The van der Waals surface area contributed by atoms with Crippen LogP contribution in [0.15, 0.2) is 34.8 Å². The van der Waals surface area contributed by atoms with Gasteiger partial charge >= 0.3 is 0 Å². The summed E-state index contributed by atoms with van der Waals surface area (Å²) in [6.45, 7) is 0.573. The number of halogens is 1. The van der Waals surface area contributed by atoms with Crippen molar-refractivity contribution in [2.75, 3.05) is 6.61 Å². The predicted molar refractivity (Wildman–Crippen MR) is 57.9 cm³/mol. The maximum atomic E-state index is 11.2. The second-order valence-electron chi connectivity index (χ2n) is 3.11. The Labute approximate surface area is 90.7 Å². The molecule has 2 nitrogen and oxygen atoms in total. The summed E-state index contributed by atoms with van der Waals surface area (Å²) in [5.74, 6) is 0.0490. The van der Waals surface area contributed by atoms with Crippen LogP contribution in [-0.2, 0) is 9.53 Å². The lowest BCUT2D eigenvalue weighted by atomic mass is 10.2. The maximum absolute atomic E-state index is 11.2. The van der Waals surface area contributed by atoms with Crippen LogP contribution in [0.25, 0.3) is 6.08 Å². The lowest BCUT2D eigenvalue weighted by Gasteiger charge is -1.92. The van der Waals surface area contributed by atoms with Gasteiger partial charge in [0.25, 0.3) is 0 Å². The van der Waals surface area contributed by atoms with Gasteiger partial charge in [-0.15, -0.1) is 0 Å². The molecule has 1 aliphatic rings. The fraction of sp³-hybridized carbons (Fsp3) is 0.182. The molecule has 1 aromatic rings. The first kappa shape index (κ1) is 9.62. The van der Waals surface area contributed by atoms with Gasteiger partial charge < -0.3 is 4.74 Å². The Hall–Kier alpha value is -0.930. The second kappa shape index (κ2) is 4.07. The van der Waals surface area contributed by atoms with Crippen molar-refractivity contribution >= 4 is 27.8 Å². The Balaban J connectivity index is 2.02. The lowest BCUT2D eigenvalue weighted by Crippen LogP contribution is -2.00. The minimum atomic E-state index is -0.179. The Kier molecular flexibility index (Phi) is 2.79. The molecule has 2 rings (SSSR count). The highest BCUT2D eigenvalue weighted by Crippen LogP contribution is 2.14. The summed E-state index contributed by atoms with van der Waals surface area (Å²) in [6.07, 6.45) is 3.19. The highest BCUT2D eigenvalue weighted by atomic mass is 79.9. The van der Waals surface area contributed by atoms with Crippen LogP contribution < -0.4 is 0 Å². The Morgan fingerprint density at radius 3 is 2.64 bits per heavy atom. The molecule has 0 radical (unpaired) electrons. The van der Waals surface area contributed by atoms with E-state index in [0.29, 0.717) is 6.61 Å². The van der Waals surface area contributed by atoms with E-state index in [9.17, 15) is 4.79 Å². The van der Waals surface area contributed by atoms with Gasteiger partial charge in [-0.3, -0.25) is 4.79 Å². The Morgan fingerprint density at radius 1 is 1.43 bits per heavy atom. The minimum Gasteiger partial charge on any atom is -0.364 e. The number of hydrogen-bond donors (Lipinski definition) is 0. The molecule has 14 heavy (non-hydrogen) atoms. The summed E-state index contributed by atoms with van der Waals surface area (Å²) in [5.41, 5.74) is 1.02. The van der Waals surface area contributed by atoms with E-state index in [1.165, 1.54) is 0 Å². The summed E-state index contributed by atoms with van der Waals surface area (Å²) in [7, 11) is 0. The van der Waals surface area contributed by atoms with E-state index in [4.69, 9.17) is 4.74 Å². The number of ether oxygens (including phenoxy) is 1. The number of benzene rings is 1. The molecule has 0 saturated carbocycles. The van der Waals surface area contributed by atoms with Gasteiger partial charge in [-0.25, -0.2) is 0 Å². The third-order valence-electron chi connectivity index (χ3n) is 1.96. The largest absolute Gasteiger partial charge is 0.364 e. The van der Waals surface area contributed by atoms with Crippen LogP contribution in [0.2, 0.25) is 0 Å². The lowest BCUT2D eigenvalue weighted by molar-refractivity contribution is -0.115. The maximum Gasteiger partial charge on any atom is 0.186 e. The zero-order valence-electron chi connectivity index (χ0n) is 7.44. The van der Waals surface area contributed by atoms with Crippen LogP contribution in [0.5, 0.6) is 0 Å². The van der Waals surface area contributed by atoms with E-state index in [0.717, 1.165) is 10.0 Å². The van der Waals surface area contributed by atoms with Crippen LogP contribution in [0.3, 0.4) is 0 Å². The summed E-state index contributed by atoms with van der Waals surface area (Å²) in [5, 5.41) is 0. The molecule has 1 aliphatic heterocycles. The molecule has 0 bridgehead atoms. The van der Waals surface area contributed by atoms with E-state index >= 15 is 0 Å². The molecule has 1 fully saturated rings. The van der Waals surface area contributed by atoms with Crippen molar-refractivity contribution in [1.82, 2.24) is 0 Å². The van der Waals surface area contributed by atoms with Gasteiger partial charge in [-0.05, 0) is 23.8 Å². The Morgan fingerprint density at radius 2 is 2.07 bits per heavy atom. The smallest absolute Gasteiger partial charge is 0.186 e. The fourth-order valence-corrected chi connectivity index (χ4v) is 1.34. The van der Waals surface area contributed by atoms with E-state index in [1.54, 1.807) is 12.2 Å². The number of carbonyl (C=O) groups is 1. The second-order valence-corrected chi connectivity index (χ2v) is 4.02. The Bertz CT molecular complexity index is 363. The SMILES string of the molecule is O=C(/C=C/c1ccc(Br)cc1)C1CO1. The zero-order chi connectivity index (χ0) is 9.97. The summed E-state index contributed by atoms with van der Waals surface area (Å²) >= 11 is 3.35. The van der Waals surface area contributed by atoms with Crippen molar-refractivity contribution in [3.8, 4) is 0 Å². The highest BCUT2D eigenvalue weighted by molar-refractivity contribution is 9.10. The van der Waals surface area contributed by atoms with Gasteiger partial charge in [0.2, 0.25) is 0 Å². The molecule has 0 N–H and O–H groups in total. The molecule has 3 heteroatoms. The molecule has 1 aromatic carbocycles. The number of epoxide rings is 1. The van der Waals surface area contributed by atoms with Crippen molar-refractivity contribution in [1.29, 1.82) is 0 Å². The van der Waals surface area contributed by atoms with Gasteiger partial charge in [0.15, 0.2) is 5.78 Å². The standard InChI is InChI=1S/C11H9BrO2/c12-9-4-1-8(2-5-9)3-6-10(13)11-7-14-11/h1-6,11H,7H2/b6-3+. The topological polar surface area (TPSA) is 29.6 Å². The van der Waals surface area contributed by atoms with Gasteiger partial charge in [-0.2, -0.15) is 0 Å². The molecular weight excluding hydrogens is 244 g/mol. The first-order chi connectivity index (χ1) is 6.75. The van der Waals surface area contributed by atoms with Crippen LogP contribution >= 0.6 is 15.9 Å². The average Bonchev–Trinajstić information content (AvgIpc) is 3.00. The highest BCUT2D eigenvalue weighted by Gasteiger charge is 2.28. The number of carbonyl (C=O) groups excluding carboxylic acids is 1. The summed E-state index contributed by atoms with van der Waals surface area (Å²) in [6, 6.07) is 7.78. The normalized spacial score (nSPS) is 19.9. The van der Waals surface area contributed by atoms with Crippen molar-refractivity contribution in [2.24, 2.45) is 0 Å². The summed E-state index contributed by atoms with van der Waals surface area (Å²) < 4.78 is 5.90. The first-order valence-corrected chi connectivity index (χ1v) is 5.14. The van der Waals surface area contributed by atoms with Crippen LogP contribution in [0, 0.1) is 0 Å². The molecule has 72 valence electrons. The van der Waals surface area contributed by atoms with Gasteiger partial charge in [0.05, 0.1) is 6.61 Å². The van der Waals surface area contributed by atoms with Crippen molar-refractivity contribution in [3.63, 3.8) is 0 Å². The molecule has 1 atom stereocenters. The molecule has 1 heterocycles. The molecule has 0 aromatic heterocycles. The third kappa shape index (κ3) is 2.53. The predicted octanol–water partition coefficient (Wildman–Crippen LogP) is 2.43. The molecule has 0 aliphatic carbocycles. The van der Waals surface area contributed by atoms with Gasteiger partial charge in [0, 0.05) is 4.47 Å². The van der Waals surface area contributed by atoms with Crippen LogP contribution in [-0.4, -0.2) is 18.5 Å². The van der Waals surface area contributed by atoms with Gasteiger partial charge in [0.1, 0.15) is 6.10 Å². The van der Waals surface area contributed by atoms with Crippen LogP contribution in [0.4, 0.5) is 0 Å². The van der Waals surface area contributed by atoms with Crippen molar-refractivity contribution < 1.29 is 9.53 Å². The fourth-order valence-electron chi connectivity index (χ4n) is 1.07. The number of hydrogen-bond acceptors (Lipinski definition) is 2. The van der Waals surface area contributed by atoms with Crippen molar-refractivity contribution in [2.45, 2.75) is 6.10 Å². The average molecular weight is 253 g/mol. The van der Waals surface area contributed by atoms with E-state index in [-0.39, 0.29) is 11.9 Å². The van der Waals surface area contributed by atoms with E-state index in [2.05, 4.69) is 15.9 Å². The van der Waals surface area contributed by atoms with E-state index in [1.807, 2.05) is 24.3 Å². The first-order valence-electron chi connectivity index (χ1n) is 4.35. The van der Waals surface area contributed by atoms with Gasteiger partial charge in [-0.1, -0.05) is 34.1 Å². The minimum absolute atomic E-state index is 0.0490. The monoisotopic (exact) mass is 252 g/mol. The zero-order valence-corrected chi connectivity index (χ0v) is 9.03. The van der Waals surface area contributed by atoms with Crippen LogP contribution in [0.1, 0.15) is 5.56 Å². The van der Waals surface area contributed by atoms with Crippen molar-refractivity contribution in [3.05, 3.63) is 40.4 Å². The molecule has 1 unspecified atom stereocenters. The quantitative estimate of drug-likeness (QED) is 0.611. The molecule has 0 spiro atoms. The molecule has 0 amide bonds.